The zero-order valence-electron chi connectivity index (χ0n) is 31.3. The third-order valence-electron chi connectivity index (χ3n) is 10.5. The molecule has 0 bridgehead atoms. The Kier molecular flexibility index (Phi) is 7.60. The second-order valence-electron chi connectivity index (χ2n) is 16.2. The number of ether oxygens (including phenoxy) is 1. The molecule has 0 unspecified atom stereocenters. The van der Waals surface area contributed by atoms with Gasteiger partial charge in [-0.05, 0) is 75.9 Å². The van der Waals surface area contributed by atoms with Crippen LogP contribution in [0.2, 0.25) is 0 Å². The van der Waals surface area contributed by atoms with Crippen molar-refractivity contribution in [1.29, 1.82) is 0 Å². The lowest BCUT2D eigenvalue weighted by atomic mass is 9.78. The fourth-order valence-corrected chi connectivity index (χ4v) is 8.08. The first-order chi connectivity index (χ1) is 25.6. The van der Waals surface area contributed by atoms with Gasteiger partial charge in [-0.1, -0.05) is 120 Å². The van der Waals surface area contributed by atoms with Crippen LogP contribution in [0.1, 0.15) is 52.7 Å². The van der Waals surface area contributed by atoms with Crippen LogP contribution in [0.5, 0.6) is 11.5 Å². The van der Waals surface area contributed by atoms with E-state index in [0.29, 0.717) is 6.67 Å². The molecule has 0 atom stereocenters. The first-order valence-electron chi connectivity index (χ1n) is 18.5. The van der Waals surface area contributed by atoms with Gasteiger partial charge >= 0.3 is 0 Å². The smallest absolute Gasteiger partial charge is 0.137 e. The average Bonchev–Trinajstić information content (AvgIpc) is 3.71. The van der Waals surface area contributed by atoms with Crippen LogP contribution in [0.3, 0.4) is 0 Å². The third-order valence-corrected chi connectivity index (χ3v) is 10.5. The van der Waals surface area contributed by atoms with Crippen LogP contribution in [0, 0.1) is 0 Å². The fraction of sp³-hybridized carbons (Fsp3) is 0.188. The summed E-state index contributed by atoms with van der Waals surface area (Å²) in [7, 11) is 0. The van der Waals surface area contributed by atoms with Gasteiger partial charge in [-0.25, -0.2) is 4.98 Å². The lowest BCUT2D eigenvalue weighted by Gasteiger charge is -2.35. The highest BCUT2D eigenvalue weighted by molar-refractivity contribution is 6.09. The largest absolute Gasteiger partial charge is 0.457 e. The maximum Gasteiger partial charge on any atom is 0.137 e. The molecule has 6 aromatic carbocycles. The SMILES string of the molecule is CC(C)(C)c1cccc(C(C)(C)C)c1N1CN(c2cccc(Oc3ccc4c5ccccc5n(-c5ccccn5)c4c3)c2)c2ccc3ccccc3c21. The molecule has 0 spiro atoms. The molecule has 5 nitrogen and oxygen atoms in total. The van der Waals surface area contributed by atoms with Crippen LogP contribution < -0.4 is 14.5 Å². The van der Waals surface area contributed by atoms with Gasteiger partial charge in [0.25, 0.3) is 0 Å². The van der Waals surface area contributed by atoms with Gasteiger partial charge in [-0.15, -0.1) is 0 Å². The number of hydrogen-bond acceptors (Lipinski definition) is 4. The topological polar surface area (TPSA) is 33.5 Å². The highest BCUT2D eigenvalue weighted by Gasteiger charge is 2.36. The molecule has 2 aromatic heterocycles. The molecular weight excluding hydrogens is 649 g/mol. The molecule has 9 rings (SSSR count). The van der Waals surface area contributed by atoms with Crippen LogP contribution in [0.4, 0.5) is 22.7 Å². The number of pyridine rings is 1. The number of hydrogen-bond donors (Lipinski definition) is 0. The minimum Gasteiger partial charge on any atom is -0.457 e. The van der Waals surface area contributed by atoms with Gasteiger partial charge in [0.15, 0.2) is 0 Å². The summed E-state index contributed by atoms with van der Waals surface area (Å²) in [6.07, 6.45) is 1.84. The first kappa shape index (κ1) is 32.8. The van der Waals surface area contributed by atoms with Gasteiger partial charge in [0, 0.05) is 40.2 Å². The number of para-hydroxylation sites is 2. The summed E-state index contributed by atoms with van der Waals surface area (Å²) in [5.74, 6) is 2.44. The number of fused-ring (bicyclic) bond motifs is 6. The maximum atomic E-state index is 6.70. The van der Waals surface area contributed by atoms with Gasteiger partial charge in [-0.2, -0.15) is 0 Å². The highest BCUT2D eigenvalue weighted by Crippen LogP contribution is 2.52. The van der Waals surface area contributed by atoms with E-state index in [1.54, 1.807) is 0 Å². The normalized spacial score (nSPS) is 13.3. The number of benzene rings is 6. The summed E-state index contributed by atoms with van der Waals surface area (Å²) in [6.45, 7) is 14.6. The summed E-state index contributed by atoms with van der Waals surface area (Å²) in [6, 6.07) is 49.6. The van der Waals surface area contributed by atoms with Gasteiger partial charge in [0.2, 0.25) is 0 Å². The van der Waals surface area contributed by atoms with Crippen LogP contribution in [-0.4, -0.2) is 16.2 Å². The average molecular weight is 693 g/mol. The first-order valence-corrected chi connectivity index (χ1v) is 18.5. The van der Waals surface area contributed by atoms with Crippen molar-refractivity contribution in [3.63, 3.8) is 0 Å². The molecule has 0 aliphatic carbocycles. The van der Waals surface area contributed by atoms with Crippen LogP contribution in [-0.2, 0) is 10.8 Å². The molecule has 1 aliphatic heterocycles. The predicted molar refractivity (Wildman–Crippen MR) is 222 cm³/mol. The fourth-order valence-electron chi connectivity index (χ4n) is 8.08. The molecule has 0 saturated carbocycles. The highest BCUT2D eigenvalue weighted by atomic mass is 16.5. The molecule has 1 aliphatic rings. The molecule has 3 heterocycles. The summed E-state index contributed by atoms with van der Waals surface area (Å²) < 4.78 is 8.91. The number of aromatic nitrogens is 2. The van der Waals surface area contributed by atoms with Gasteiger partial charge < -0.3 is 14.5 Å². The Morgan fingerprint density at radius 1 is 0.528 bits per heavy atom. The Labute approximate surface area is 311 Å². The summed E-state index contributed by atoms with van der Waals surface area (Å²) >= 11 is 0. The van der Waals surface area contributed by atoms with Crippen molar-refractivity contribution in [2.24, 2.45) is 0 Å². The van der Waals surface area contributed by atoms with E-state index < -0.39 is 0 Å². The van der Waals surface area contributed by atoms with E-state index >= 15 is 0 Å². The zero-order valence-corrected chi connectivity index (χ0v) is 31.3. The molecule has 53 heavy (non-hydrogen) atoms. The third kappa shape index (κ3) is 5.59. The lowest BCUT2D eigenvalue weighted by molar-refractivity contribution is 0.483. The second-order valence-corrected chi connectivity index (χ2v) is 16.2. The Morgan fingerprint density at radius 2 is 1.21 bits per heavy atom. The van der Waals surface area contributed by atoms with Crippen molar-refractivity contribution in [2.45, 2.75) is 52.4 Å². The van der Waals surface area contributed by atoms with Gasteiger partial charge in [-0.3, -0.25) is 4.57 Å². The lowest BCUT2D eigenvalue weighted by Crippen LogP contribution is -2.29. The van der Waals surface area contributed by atoms with Crippen LogP contribution in [0.15, 0.2) is 146 Å². The number of rotatable bonds is 5. The van der Waals surface area contributed by atoms with Crippen molar-refractivity contribution >= 4 is 55.3 Å². The molecule has 262 valence electrons. The molecule has 0 fully saturated rings. The predicted octanol–water partition coefficient (Wildman–Crippen LogP) is 13.0. The van der Waals surface area contributed by atoms with Crippen molar-refractivity contribution in [2.75, 3.05) is 16.5 Å². The van der Waals surface area contributed by atoms with Gasteiger partial charge in [0.1, 0.15) is 24.0 Å². The van der Waals surface area contributed by atoms with E-state index in [0.717, 1.165) is 34.0 Å². The molecule has 0 amide bonds. The summed E-state index contributed by atoms with van der Waals surface area (Å²) in [5, 5.41) is 4.84. The zero-order chi connectivity index (χ0) is 36.5. The Bertz CT molecular complexity index is 2630. The maximum absolute atomic E-state index is 6.70. The van der Waals surface area contributed by atoms with E-state index in [1.165, 1.54) is 49.7 Å². The molecular formula is C48H44N4O. The quantitative estimate of drug-likeness (QED) is 0.180. The van der Waals surface area contributed by atoms with E-state index in [4.69, 9.17) is 9.72 Å². The monoisotopic (exact) mass is 692 g/mol. The molecule has 0 radical (unpaired) electrons. The molecule has 0 N–H and O–H groups in total. The number of anilines is 4. The van der Waals surface area contributed by atoms with Crippen LogP contribution in [0.25, 0.3) is 38.4 Å². The Balaban J connectivity index is 1.15. The Morgan fingerprint density at radius 3 is 1.96 bits per heavy atom. The molecule has 0 saturated heterocycles. The molecule has 5 heteroatoms. The van der Waals surface area contributed by atoms with Crippen molar-refractivity contribution in [1.82, 2.24) is 9.55 Å². The van der Waals surface area contributed by atoms with E-state index in [1.807, 2.05) is 30.5 Å². The van der Waals surface area contributed by atoms with Crippen molar-refractivity contribution in [3.05, 3.63) is 157 Å². The minimum absolute atomic E-state index is 0.0497. The van der Waals surface area contributed by atoms with Crippen molar-refractivity contribution in [3.8, 4) is 17.3 Å². The van der Waals surface area contributed by atoms with E-state index in [2.05, 4.69) is 171 Å². The molecule has 8 aromatic rings. The van der Waals surface area contributed by atoms with Crippen LogP contribution >= 0.6 is 0 Å². The standard InChI is InChI=1S/C48H44N4O/c1-47(2,3)39-20-14-21-40(48(4,5)6)46(39)51-31-50(42-27-24-32-15-7-8-18-36(32)45(42)51)33-16-13-17-34(29-33)53-35-25-26-38-37-19-9-10-22-41(37)52(43(38)30-35)44-23-11-12-28-49-44/h7-30H,31H2,1-6H3. The second kappa shape index (κ2) is 12.3. The Hall–Kier alpha value is -6.07. The van der Waals surface area contributed by atoms with Gasteiger partial charge in [0.05, 0.1) is 28.1 Å². The summed E-state index contributed by atoms with van der Waals surface area (Å²) in [4.78, 5) is 9.71. The summed E-state index contributed by atoms with van der Waals surface area (Å²) in [5.41, 5.74) is 9.58. The number of nitrogens with zero attached hydrogens (tertiary/aromatic N) is 4. The minimum atomic E-state index is -0.0497. The van der Waals surface area contributed by atoms with E-state index in [9.17, 15) is 0 Å². The van der Waals surface area contributed by atoms with Crippen molar-refractivity contribution < 1.29 is 4.74 Å². The van der Waals surface area contributed by atoms with E-state index in [-0.39, 0.29) is 10.8 Å².